The van der Waals surface area contributed by atoms with Gasteiger partial charge in [0.25, 0.3) is 0 Å². The SMILES string of the molecule is C=C(C)CC(C)N(C)C(C/C(=C/C)CC=C/C=C\C)C(C)CO. The van der Waals surface area contributed by atoms with E-state index in [-0.39, 0.29) is 12.5 Å². The molecule has 1 N–H and O–H groups in total. The zero-order valence-corrected chi connectivity index (χ0v) is 16.0. The molecule has 23 heavy (non-hydrogen) atoms. The molecular weight excluding hydrogens is 282 g/mol. The fraction of sp³-hybridized carbons (Fsp3) is 0.619. The molecule has 0 aromatic heterocycles. The lowest BCUT2D eigenvalue weighted by atomic mass is 9.91. The molecule has 0 saturated carbocycles. The number of nitrogens with zero attached hydrogens (tertiary/aromatic N) is 1. The van der Waals surface area contributed by atoms with E-state index in [0.717, 1.165) is 19.3 Å². The molecule has 0 aromatic carbocycles. The monoisotopic (exact) mass is 319 g/mol. The maximum absolute atomic E-state index is 9.66. The zero-order valence-electron chi connectivity index (χ0n) is 16.0. The van der Waals surface area contributed by atoms with Gasteiger partial charge in [-0.2, -0.15) is 0 Å². The molecule has 0 amide bonds. The molecule has 0 saturated heterocycles. The normalized spacial score (nSPS) is 17.1. The Labute approximate surface area is 144 Å². The Bertz CT molecular complexity index is 420. The molecule has 132 valence electrons. The number of hydrogen-bond acceptors (Lipinski definition) is 2. The largest absolute Gasteiger partial charge is 0.396 e. The first-order valence-electron chi connectivity index (χ1n) is 8.76. The lowest BCUT2D eigenvalue weighted by molar-refractivity contribution is 0.0979. The predicted molar refractivity (Wildman–Crippen MR) is 104 cm³/mol. The van der Waals surface area contributed by atoms with Crippen molar-refractivity contribution in [3.63, 3.8) is 0 Å². The summed E-state index contributed by atoms with van der Waals surface area (Å²) >= 11 is 0. The van der Waals surface area contributed by atoms with E-state index in [1.54, 1.807) is 0 Å². The van der Waals surface area contributed by atoms with Gasteiger partial charge in [0.1, 0.15) is 0 Å². The van der Waals surface area contributed by atoms with Gasteiger partial charge in [-0.25, -0.2) is 0 Å². The van der Waals surface area contributed by atoms with Gasteiger partial charge in [-0.3, -0.25) is 4.90 Å². The minimum atomic E-state index is 0.222. The Hall–Kier alpha value is -1.12. The van der Waals surface area contributed by atoms with Crippen molar-refractivity contribution in [1.82, 2.24) is 4.90 Å². The first-order valence-corrected chi connectivity index (χ1v) is 8.76. The Kier molecular flexibility index (Phi) is 11.7. The van der Waals surface area contributed by atoms with Crippen LogP contribution in [-0.4, -0.2) is 35.7 Å². The summed E-state index contributed by atoms with van der Waals surface area (Å²) in [4.78, 5) is 2.41. The van der Waals surface area contributed by atoms with E-state index in [0.29, 0.717) is 12.1 Å². The van der Waals surface area contributed by atoms with Crippen molar-refractivity contribution in [1.29, 1.82) is 0 Å². The maximum Gasteiger partial charge on any atom is 0.0471 e. The second-order valence-electron chi connectivity index (χ2n) is 6.71. The molecule has 0 aromatic rings. The molecule has 0 spiro atoms. The van der Waals surface area contributed by atoms with Crippen molar-refractivity contribution in [2.24, 2.45) is 5.92 Å². The predicted octanol–water partition coefficient (Wildman–Crippen LogP) is 5.13. The topological polar surface area (TPSA) is 23.5 Å². The molecule has 3 atom stereocenters. The van der Waals surface area contributed by atoms with Gasteiger partial charge in [-0.05, 0) is 59.9 Å². The van der Waals surface area contributed by atoms with E-state index in [1.165, 1.54) is 11.1 Å². The third-order valence-corrected chi connectivity index (χ3v) is 4.51. The third kappa shape index (κ3) is 8.92. The molecule has 2 heteroatoms. The highest BCUT2D eigenvalue weighted by Gasteiger charge is 2.25. The first kappa shape index (κ1) is 21.9. The quantitative estimate of drug-likeness (QED) is 0.421. The molecule has 0 heterocycles. The van der Waals surface area contributed by atoms with Crippen molar-refractivity contribution in [2.75, 3.05) is 13.7 Å². The minimum Gasteiger partial charge on any atom is -0.396 e. The number of aliphatic hydroxyl groups is 1. The van der Waals surface area contributed by atoms with E-state index in [9.17, 15) is 5.11 Å². The zero-order chi connectivity index (χ0) is 17.8. The summed E-state index contributed by atoms with van der Waals surface area (Å²) in [5.74, 6) is 0.252. The Morgan fingerprint density at radius 2 is 1.83 bits per heavy atom. The van der Waals surface area contributed by atoms with E-state index >= 15 is 0 Å². The van der Waals surface area contributed by atoms with Crippen LogP contribution in [0.5, 0.6) is 0 Å². The van der Waals surface area contributed by atoms with Crippen LogP contribution in [0.4, 0.5) is 0 Å². The molecule has 0 aliphatic heterocycles. The van der Waals surface area contributed by atoms with Crippen molar-refractivity contribution >= 4 is 0 Å². The average molecular weight is 320 g/mol. The van der Waals surface area contributed by atoms with Crippen molar-refractivity contribution in [3.8, 4) is 0 Å². The Morgan fingerprint density at radius 3 is 2.30 bits per heavy atom. The molecule has 0 bridgehead atoms. The van der Waals surface area contributed by atoms with E-state index in [2.05, 4.69) is 70.5 Å². The van der Waals surface area contributed by atoms with Crippen LogP contribution in [0.15, 0.2) is 48.1 Å². The van der Waals surface area contributed by atoms with Gasteiger partial charge in [0.2, 0.25) is 0 Å². The minimum absolute atomic E-state index is 0.222. The van der Waals surface area contributed by atoms with E-state index in [1.807, 2.05) is 13.0 Å². The molecule has 2 nitrogen and oxygen atoms in total. The van der Waals surface area contributed by atoms with Crippen molar-refractivity contribution in [2.45, 2.75) is 66.0 Å². The van der Waals surface area contributed by atoms with Crippen LogP contribution in [0.1, 0.15) is 53.9 Å². The smallest absolute Gasteiger partial charge is 0.0471 e. The molecule has 0 aliphatic rings. The Balaban J connectivity index is 4.98. The lowest BCUT2D eigenvalue weighted by Crippen LogP contribution is -2.43. The van der Waals surface area contributed by atoms with Gasteiger partial charge in [-0.1, -0.05) is 48.5 Å². The fourth-order valence-electron chi connectivity index (χ4n) is 2.84. The van der Waals surface area contributed by atoms with Crippen LogP contribution >= 0.6 is 0 Å². The van der Waals surface area contributed by atoms with E-state index in [4.69, 9.17) is 0 Å². The first-order chi connectivity index (χ1) is 10.9. The highest BCUT2D eigenvalue weighted by Crippen LogP contribution is 2.24. The molecule has 0 fully saturated rings. The second kappa shape index (κ2) is 12.3. The van der Waals surface area contributed by atoms with Gasteiger partial charge in [0.15, 0.2) is 0 Å². The van der Waals surface area contributed by atoms with Gasteiger partial charge >= 0.3 is 0 Å². The lowest BCUT2D eigenvalue weighted by Gasteiger charge is -2.37. The highest BCUT2D eigenvalue weighted by atomic mass is 16.3. The number of aliphatic hydroxyl groups excluding tert-OH is 1. The molecule has 0 aliphatic carbocycles. The number of rotatable bonds is 11. The van der Waals surface area contributed by atoms with Gasteiger partial charge in [-0.15, -0.1) is 6.58 Å². The van der Waals surface area contributed by atoms with Crippen molar-refractivity contribution in [3.05, 3.63) is 48.1 Å². The molecule has 0 rings (SSSR count). The average Bonchev–Trinajstić information content (AvgIpc) is 2.52. The highest BCUT2D eigenvalue weighted by molar-refractivity contribution is 5.12. The van der Waals surface area contributed by atoms with Crippen LogP contribution in [0.25, 0.3) is 0 Å². The summed E-state index contributed by atoms with van der Waals surface area (Å²) in [5, 5.41) is 9.66. The number of hydrogen-bond donors (Lipinski definition) is 1. The summed E-state index contributed by atoms with van der Waals surface area (Å²) in [5.41, 5.74) is 2.63. The van der Waals surface area contributed by atoms with Gasteiger partial charge < -0.3 is 5.11 Å². The molecule has 3 unspecified atom stereocenters. The maximum atomic E-state index is 9.66. The Morgan fingerprint density at radius 1 is 1.17 bits per heavy atom. The summed E-state index contributed by atoms with van der Waals surface area (Å²) < 4.78 is 0. The fourth-order valence-corrected chi connectivity index (χ4v) is 2.84. The van der Waals surface area contributed by atoms with Crippen LogP contribution < -0.4 is 0 Å². The van der Waals surface area contributed by atoms with Crippen LogP contribution in [0.2, 0.25) is 0 Å². The molecular formula is C21H37NO. The molecule has 0 radical (unpaired) electrons. The number of allylic oxidation sites excluding steroid dienone is 5. The van der Waals surface area contributed by atoms with Gasteiger partial charge in [0, 0.05) is 18.7 Å². The van der Waals surface area contributed by atoms with Crippen LogP contribution in [0.3, 0.4) is 0 Å². The van der Waals surface area contributed by atoms with Crippen LogP contribution in [-0.2, 0) is 0 Å². The van der Waals surface area contributed by atoms with Gasteiger partial charge in [0.05, 0.1) is 0 Å². The summed E-state index contributed by atoms with van der Waals surface area (Å²) in [6.45, 7) is 14.9. The summed E-state index contributed by atoms with van der Waals surface area (Å²) in [7, 11) is 2.17. The van der Waals surface area contributed by atoms with Crippen molar-refractivity contribution < 1.29 is 5.11 Å². The summed E-state index contributed by atoms with van der Waals surface area (Å²) in [6, 6.07) is 0.777. The van der Waals surface area contributed by atoms with E-state index < -0.39 is 0 Å². The second-order valence-corrected chi connectivity index (χ2v) is 6.71. The third-order valence-electron chi connectivity index (χ3n) is 4.51. The van der Waals surface area contributed by atoms with Crippen LogP contribution in [0, 0.1) is 5.92 Å². The summed E-state index contributed by atoms with van der Waals surface area (Å²) in [6.07, 6.45) is 13.6. The standard InChI is InChI=1S/C21H37NO/c1-8-10-11-12-13-20(9-2)15-21(18(5)16-23)22(7)19(6)14-17(3)4/h8-12,18-19,21,23H,3,13-16H2,1-2,4-7H3/b10-8-,12-11?,20-9+.